The topological polar surface area (TPSA) is 75.9 Å². The van der Waals surface area contributed by atoms with E-state index in [0.717, 1.165) is 60.7 Å². The second-order valence-corrected chi connectivity index (χ2v) is 6.46. The van der Waals surface area contributed by atoms with Crippen molar-refractivity contribution < 1.29 is 0 Å². The lowest BCUT2D eigenvalue weighted by molar-refractivity contribution is 0.636. The summed E-state index contributed by atoms with van der Waals surface area (Å²) in [7, 11) is 0. The van der Waals surface area contributed by atoms with Gasteiger partial charge in [0.05, 0.1) is 0 Å². The van der Waals surface area contributed by atoms with E-state index in [-0.39, 0.29) is 0 Å². The minimum atomic E-state index is 0.748. The van der Waals surface area contributed by atoms with E-state index in [9.17, 15) is 0 Å². The van der Waals surface area contributed by atoms with Crippen LogP contribution in [0.3, 0.4) is 0 Å². The van der Waals surface area contributed by atoms with E-state index in [1.54, 1.807) is 17.2 Å². The van der Waals surface area contributed by atoms with Crippen LogP contribution in [-0.2, 0) is 0 Å². The van der Waals surface area contributed by atoms with Gasteiger partial charge in [-0.2, -0.15) is 5.10 Å². The molecular formula is C18H22N8. The van der Waals surface area contributed by atoms with Crippen molar-refractivity contribution in [3.8, 4) is 5.82 Å². The second-order valence-electron chi connectivity index (χ2n) is 6.46. The lowest BCUT2D eigenvalue weighted by Gasteiger charge is -2.36. The number of hydrogen-bond donors (Lipinski definition) is 0. The lowest BCUT2D eigenvalue weighted by Crippen LogP contribution is -2.47. The van der Waals surface area contributed by atoms with Crippen LogP contribution in [0.4, 0.5) is 11.6 Å². The number of piperazine rings is 1. The van der Waals surface area contributed by atoms with Crippen LogP contribution in [0.25, 0.3) is 5.82 Å². The minimum Gasteiger partial charge on any atom is -0.353 e. The Bertz CT molecular complexity index is 898. The van der Waals surface area contributed by atoms with E-state index in [2.05, 4.69) is 41.8 Å². The Balaban J connectivity index is 1.52. The maximum absolute atomic E-state index is 4.63. The molecule has 0 atom stereocenters. The smallest absolute Gasteiger partial charge is 0.159 e. The second kappa shape index (κ2) is 6.70. The summed E-state index contributed by atoms with van der Waals surface area (Å²) in [6.45, 7) is 9.60. The van der Waals surface area contributed by atoms with Crippen molar-refractivity contribution in [1.29, 1.82) is 0 Å². The van der Waals surface area contributed by atoms with Crippen LogP contribution >= 0.6 is 0 Å². The van der Waals surface area contributed by atoms with Gasteiger partial charge in [-0.15, -0.1) is 0 Å². The van der Waals surface area contributed by atoms with Gasteiger partial charge in [-0.25, -0.2) is 24.6 Å². The summed E-state index contributed by atoms with van der Waals surface area (Å²) < 4.78 is 1.77. The highest BCUT2D eigenvalue weighted by molar-refractivity contribution is 5.51. The molecule has 3 aromatic heterocycles. The van der Waals surface area contributed by atoms with Gasteiger partial charge in [0.25, 0.3) is 0 Å². The average molecular weight is 350 g/mol. The molecule has 1 aliphatic rings. The van der Waals surface area contributed by atoms with Crippen LogP contribution in [0.2, 0.25) is 0 Å². The van der Waals surface area contributed by atoms with Crippen LogP contribution in [0.5, 0.6) is 0 Å². The third-order valence-electron chi connectivity index (χ3n) is 4.76. The quantitative estimate of drug-likeness (QED) is 0.711. The summed E-state index contributed by atoms with van der Waals surface area (Å²) in [6.07, 6.45) is 5.29. The normalized spacial score (nSPS) is 14.7. The molecule has 0 aromatic carbocycles. The summed E-state index contributed by atoms with van der Waals surface area (Å²) in [4.78, 5) is 22.5. The zero-order valence-corrected chi connectivity index (χ0v) is 15.3. The SMILES string of the molecule is Cc1nc(N2CCN(c3ncnc(C)c3C)CC2)cc(-n2cccn2)n1. The molecule has 1 aliphatic heterocycles. The molecule has 0 saturated carbocycles. The van der Waals surface area contributed by atoms with Gasteiger partial charge in [-0.05, 0) is 26.8 Å². The molecule has 26 heavy (non-hydrogen) atoms. The third kappa shape index (κ3) is 3.10. The summed E-state index contributed by atoms with van der Waals surface area (Å²) in [5.41, 5.74) is 2.19. The zero-order chi connectivity index (χ0) is 18.1. The highest BCUT2D eigenvalue weighted by Crippen LogP contribution is 2.22. The van der Waals surface area contributed by atoms with Crippen LogP contribution < -0.4 is 9.80 Å². The van der Waals surface area contributed by atoms with Gasteiger partial charge in [-0.3, -0.25) is 0 Å². The monoisotopic (exact) mass is 350 g/mol. The fraction of sp³-hybridized carbons (Fsp3) is 0.389. The Morgan fingerprint density at radius 2 is 1.62 bits per heavy atom. The standard InChI is InChI=1S/C18H22N8/c1-13-14(2)19-12-20-18(13)25-9-7-24(8-10-25)16-11-17(23-15(3)22-16)26-6-4-5-21-26/h4-6,11-12H,7-10H2,1-3H3. The molecule has 8 heteroatoms. The Labute approximate surface area is 152 Å². The molecule has 0 bridgehead atoms. The third-order valence-corrected chi connectivity index (χ3v) is 4.76. The Kier molecular flexibility index (Phi) is 4.24. The number of hydrogen-bond acceptors (Lipinski definition) is 7. The maximum atomic E-state index is 4.63. The van der Waals surface area contributed by atoms with Gasteiger partial charge in [0.2, 0.25) is 0 Å². The van der Waals surface area contributed by atoms with Crippen molar-refractivity contribution in [3.05, 3.63) is 47.9 Å². The molecule has 0 unspecified atom stereocenters. The molecular weight excluding hydrogens is 328 g/mol. The largest absolute Gasteiger partial charge is 0.353 e. The Morgan fingerprint density at radius 1 is 0.885 bits per heavy atom. The molecule has 8 nitrogen and oxygen atoms in total. The number of rotatable bonds is 3. The first kappa shape index (κ1) is 16.4. The molecule has 0 radical (unpaired) electrons. The van der Waals surface area contributed by atoms with Crippen molar-refractivity contribution in [2.24, 2.45) is 0 Å². The number of aromatic nitrogens is 6. The van der Waals surface area contributed by atoms with Crippen molar-refractivity contribution in [3.63, 3.8) is 0 Å². The molecule has 3 aromatic rings. The van der Waals surface area contributed by atoms with Crippen LogP contribution in [0.15, 0.2) is 30.9 Å². The highest BCUT2D eigenvalue weighted by Gasteiger charge is 2.21. The zero-order valence-electron chi connectivity index (χ0n) is 15.3. The molecule has 0 N–H and O–H groups in total. The van der Waals surface area contributed by atoms with Crippen molar-refractivity contribution in [1.82, 2.24) is 29.7 Å². The Hall–Kier alpha value is -3.03. The van der Waals surface area contributed by atoms with E-state index >= 15 is 0 Å². The number of aryl methyl sites for hydroxylation is 2. The number of anilines is 2. The highest BCUT2D eigenvalue weighted by atomic mass is 15.3. The van der Waals surface area contributed by atoms with Crippen molar-refractivity contribution >= 4 is 11.6 Å². The average Bonchev–Trinajstić information content (AvgIpc) is 3.19. The van der Waals surface area contributed by atoms with Gasteiger partial charge < -0.3 is 9.80 Å². The fourth-order valence-corrected chi connectivity index (χ4v) is 3.21. The first-order chi connectivity index (χ1) is 12.6. The Morgan fingerprint density at radius 3 is 2.35 bits per heavy atom. The molecule has 4 heterocycles. The van der Waals surface area contributed by atoms with Crippen molar-refractivity contribution in [2.45, 2.75) is 20.8 Å². The van der Waals surface area contributed by atoms with Crippen molar-refractivity contribution in [2.75, 3.05) is 36.0 Å². The van der Waals surface area contributed by atoms with Gasteiger partial charge in [0.1, 0.15) is 23.8 Å². The summed E-state index contributed by atoms with van der Waals surface area (Å²) >= 11 is 0. The van der Waals surface area contributed by atoms with Crippen LogP contribution in [0.1, 0.15) is 17.1 Å². The van der Waals surface area contributed by atoms with Gasteiger partial charge in [0.15, 0.2) is 5.82 Å². The van der Waals surface area contributed by atoms with Gasteiger partial charge >= 0.3 is 0 Å². The number of nitrogens with zero attached hydrogens (tertiary/aromatic N) is 8. The summed E-state index contributed by atoms with van der Waals surface area (Å²) in [6, 6.07) is 3.89. The first-order valence-corrected chi connectivity index (χ1v) is 8.75. The molecule has 0 aliphatic carbocycles. The van der Waals surface area contributed by atoms with Crippen LogP contribution in [0, 0.1) is 20.8 Å². The molecule has 4 rings (SSSR count). The van der Waals surface area contributed by atoms with Gasteiger partial charge in [-0.1, -0.05) is 0 Å². The van der Waals surface area contributed by atoms with Gasteiger partial charge in [0, 0.05) is 55.9 Å². The fourth-order valence-electron chi connectivity index (χ4n) is 3.21. The van der Waals surface area contributed by atoms with E-state index in [0.29, 0.717) is 0 Å². The van der Waals surface area contributed by atoms with E-state index in [1.807, 2.05) is 32.2 Å². The minimum absolute atomic E-state index is 0.748. The molecule has 0 amide bonds. The lowest BCUT2D eigenvalue weighted by atomic mass is 10.2. The predicted molar refractivity (Wildman–Crippen MR) is 99.8 cm³/mol. The van der Waals surface area contributed by atoms with E-state index in [1.165, 1.54) is 0 Å². The summed E-state index contributed by atoms with van der Waals surface area (Å²) in [5, 5.41) is 4.27. The molecule has 0 spiro atoms. The molecule has 1 fully saturated rings. The van der Waals surface area contributed by atoms with E-state index in [4.69, 9.17) is 0 Å². The van der Waals surface area contributed by atoms with E-state index < -0.39 is 0 Å². The molecule has 1 saturated heterocycles. The molecule has 134 valence electrons. The first-order valence-electron chi connectivity index (χ1n) is 8.75. The predicted octanol–water partition coefficient (Wildman–Crippen LogP) is 1.70. The maximum Gasteiger partial charge on any atom is 0.159 e. The summed E-state index contributed by atoms with van der Waals surface area (Å²) in [5.74, 6) is 3.52. The van der Waals surface area contributed by atoms with Crippen LogP contribution in [-0.4, -0.2) is 55.9 Å².